The summed E-state index contributed by atoms with van der Waals surface area (Å²) in [4.78, 5) is 0. The van der Waals surface area contributed by atoms with Crippen molar-refractivity contribution in [3.05, 3.63) is 36.4 Å². The quantitative estimate of drug-likeness (QED) is 0.688. The zero-order valence-corrected chi connectivity index (χ0v) is 8.30. The molecule has 0 atom stereocenters. The zero-order chi connectivity index (χ0) is 9.68. The molecule has 0 unspecified atom stereocenters. The lowest BCUT2D eigenvalue weighted by Gasteiger charge is -2.05. The van der Waals surface area contributed by atoms with Gasteiger partial charge in [-0.05, 0) is 17.7 Å². The molecule has 0 heterocycles. The third kappa shape index (κ3) is 2.65. The van der Waals surface area contributed by atoms with Crippen LogP contribution < -0.4 is 5.32 Å². The van der Waals surface area contributed by atoms with Crippen molar-refractivity contribution in [3.63, 3.8) is 0 Å². The Morgan fingerprint density at radius 1 is 1.38 bits per heavy atom. The molecule has 0 aliphatic rings. The molecule has 1 aromatic rings. The molecule has 1 nitrogen and oxygen atoms in total. The number of hydrogen-bond donors (Lipinski definition) is 1. The summed E-state index contributed by atoms with van der Waals surface area (Å²) < 4.78 is 0. The summed E-state index contributed by atoms with van der Waals surface area (Å²) in [5, 5.41) is 3.09. The van der Waals surface area contributed by atoms with Crippen LogP contribution in [0.5, 0.6) is 0 Å². The minimum absolute atomic E-state index is 0.957. The van der Waals surface area contributed by atoms with E-state index in [1.165, 1.54) is 11.1 Å². The number of allylic oxidation sites excluding steroid dienone is 1. The van der Waals surface area contributed by atoms with Crippen molar-refractivity contribution in [2.24, 2.45) is 0 Å². The van der Waals surface area contributed by atoms with Gasteiger partial charge in [-0.3, -0.25) is 0 Å². The molecule has 1 rings (SSSR count). The highest BCUT2D eigenvalue weighted by Gasteiger charge is 1.97. The third-order valence-corrected chi connectivity index (χ3v) is 2.03. The van der Waals surface area contributed by atoms with Gasteiger partial charge in [0.1, 0.15) is 7.28 Å². The van der Waals surface area contributed by atoms with Crippen LogP contribution in [0.15, 0.2) is 30.8 Å². The molecule has 0 aliphatic carbocycles. The highest BCUT2D eigenvalue weighted by atomic mass is 14.8. The standard InChI is InChI=1S/C11H15BN/c1-9(8-12-2)10-4-6-11(13-3)7-5-10/h4-7,13H,1,8H2,2-3H3. The van der Waals surface area contributed by atoms with E-state index in [2.05, 4.69) is 43.4 Å². The first-order valence-electron chi connectivity index (χ1n) is 4.51. The van der Waals surface area contributed by atoms with Gasteiger partial charge < -0.3 is 5.32 Å². The van der Waals surface area contributed by atoms with E-state index in [9.17, 15) is 0 Å². The molecule has 1 aromatic carbocycles. The van der Waals surface area contributed by atoms with Crippen molar-refractivity contribution in [3.8, 4) is 0 Å². The summed E-state index contributed by atoms with van der Waals surface area (Å²) in [6, 6.07) is 8.32. The van der Waals surface area contributed by atoms with Crippen LogP contribution in [0.3, 0.4) is 0 Å². The fourth-order valence-electron chi connectivity index (χ4n) is 1.24. The maximum absolute atomic E-state index is 4.02. The minimum Gasteiger partial charge on any atom is -0.388 e. The number of hydrogen-bond acceptors (Lipinski definition) is 1. The molecule has 0 spiro atoms. The minimum atomic E-state index is 0.957. The Hall–Kier alpha value is -1.18. The van der Waals surface area contributed by atoms with E-state index in [-0.39, 0.29) is 0 Å². The summed E-state index contributed by atoms with van der Waals surface area (Å²) in [7, 11) is 4.04. The van der Waals surface area contributed by atoms with Crippen LogP contribution in [-0.4, -0.2) is 14.3 Å². The largest absolute Gasteiger partial charge is 0.388 e. The summed E-state index contributed by atoms with van der Waals surface area (Å²) in [6.45, 7) is 6.07. The fourth-order valence-corrected chi connectivity index (χ4v) is 1.24. The monoisotopic (exact) mass is 172 g/mol. The Morgan fingerprint density at radius 2 is 2.00 bits per heavy atom. The molecule has 1 N–H and O–H groups in total. The Balaban J connectivity index is 2.74. The van der Waals surface area contributed by atoms with Crippen molar-refractivity contribution < 1.29 is 0 Å². The van der Waals surface area contributed by atoms with Gasteiger partial charge in [-0.25, -0.2) is 0 Å². The molecule has 2 heteroatoms. The Kier molecular flexibility index (Phi) is 3.62. The molecule has 0 saturated carbocycles. The van der Waals surface area contributed by atoms with E-state index in [1.807, 2.05) is 13.9 Å². The van der Waals surface area contributed by atoms with Gasteiger partial charge >= 0.3 is 0 Å². The molecule has 67 valence electrons. The average Bonchev–Trinajstić information content (AvgIpc) is 2.18. The Bertz CT molecular complexity index is 277. The van der Waals surface area contributed by atoms with Gasteiger partial charge in [0.15, 0.2) is 0 Å². The first-order chi connectivity index (χ1) is 6.27. The van der Waals surface area contributed by atoms with E-state index in [0.29, 0.717) is 0 Å². The third-order valence-electron chi connectivity index (χ3n) is 2.03. The van der Waals surface area contributed by atoms with Crippen LogP contribution in [0.2, 0.25) is 13.1 Å². The first kappa shape index (κ1) is 9.91. The van der Waals surface area contributed by atoms with Gasteiger partial charge in [-0.1, -0.05) is 37.4 Å². The lowest BCUT2D eigenvalue weighted by atomic mass is 9.74. The number of nitrogens with one attached hydrogen (secondary N) is 1. The zero-order valence-electron chi connectivity index (χ0n) is 8.30. The van der Waals surface area contributed by atoms with Crippen LogP contribution in [0, 0.1) is 0 Å². The summed E-state index contributed by atoms with van der Waals surface area (Å²) >= 11 is 0. The molecular weight excluding hydrogens is 157 g/mol. The predicted molar refractivity (Wildman–Crippen MR) is 61.4 cm³/mol. The fraction of sp³-hybridized carbons (Fsp3) is 0.273. The molecule has 0 aromatic heterocycles. The second kappa shape index (κ2) is 4.75. The molecule has 0 bridgehead atoms. The van der Waals surface area contributed by atoms with Gasteiger partial charge in [-0.15, -0.1) is 0 Å². The second-order valence-corrected chi connectivity index (χ2v) is 3.04. The summed E-state index contributed by atoms with van der Waals surface area (Å²) in [5.74, 6) is 0. The lowest BCUT2D eigenvalue weighted by Crippen LogP contribution is -1.89. The molecule has 13 heavy (non-hydrogen) atoms. The molecule has 0 amide bonds. The van der Waals surface area contributed by atoms with E-state index in [0.717, 1.165) is 12.0 Å². The van der Waals surface area contributed by atoms with Crippen LogP contribution in [0.25, 0.3) is 5.57 Å². The normalized spacial score (nSPS) is 9.38. The van der Waals surface area contributed by atoms with E-state index in [4.69, 9.17) is 0 Å². The van der Waals surface area contributed by atoms with E-state index < -0.39 is 0 Å². The van der Waals surface area contributed by atoms with Crippen molar-refractivity contribution in [1.29, 1.82) is 0 Å². The van der Waals surface area contributed by atoms with Crippen molar-refractivity contribution in [2.45, 2.75) is 13.1 Å². The van der Waals surface area contributed by atoms with Crippen molar-refractivity contribution >= 4 is 18.5 Å². The molecule has 0 saturated heterocycles. The van der Waals surface area contributed by atoms with Crippen LogP contribution in [0.1, 0.15) is 5.56 Å². The van der Waals surface area contributed by atoms with Crippen molar-refractivity contribution in [2.75, 3.05) is 12.4 Å². The second-order valence-electron chi connectivity index (χ2n) is 3.04. The average molecular weight is 172 g/mol. The number of rotatable bonds is 4. The van der Waals surface area contributed by atoms with Crippen LogP contribution in [-0.2, 0) is 0 Å². The molecule has 0 aliphatic heterocycles. The first-order valence-corrected chi connectivity index (χ1v) is 4.51. The van der Waals surface area contributed by atoms with E-state index in [1.54, 1.807) is 0 Å². The smallest absolute Gasteiger partial charge is 0.111 e. The van der Waals surface area contributed by atoms with Crippen LogP contribution in [0.4, 0.5) is 5.69 Å². The number of anilines is 1. The Labute approximate surface area is 81.1 Å². The van der Waals surface area contributed by atoms with Crippen LogP contribution >= 0.6 is 0 Å². The van der Waals surface area contributed by atoms with Gasteiger partial charge in [-0.2, -0.15) is 0 Å². The van der Waals surface area contributed by atoms with E-state index >= 15 is 0 Å². The molecule has 0 fully saturated rings. The highest BCUT2D eigenvalue weighted by molar-refractivity contribution is 6.36. The number of benzene rings is 1. The SMILES string of the molecule is C=C(C[B]C)c1ccc(NC)cc1. The highest BCUT2D eigenvalue weighted by Crippen LogP contribution is 2.18. The van der Waals surface area contributed by atoms with Gasteiger partial charge in [0.05, 0.1) is 0 Å². The lowest BCUT2D eigenvalue weighted by molar-refractivity contribution is 1.49. The van der Waals surface area contributed by atoms with Crippen molar-refractivity contribution in [1.82, 2.24) is 0 Å². The maximum Gasteiger partial charge on any atom is 0.111 e. The Morgan fingerprint density at radius 3 is 2.46 bits per heavy atom. The maximum atomic E-state index is 4.02. The van der Waals surface area contributed by atoms with Gasteiger partial charge in [0, 0.05) is 12.7 Å². The topological polar surface area (TPSA) is 12.0 Å². The summed E-state index contributed by atoms with van der Waals surface area (Å²) in [5.41, 5.74) is 3.53. The molecular formula is C11H15BN. The summed E-state index contributed by atoms with van der Waals surface area (Å²) in [6.07, 6.45) is 0.957. The van der Waals surface area contributed by atoms with Gasteiger partial charge in [0.2, 0.25) is 0 Å². The molecule has 1 radical (unpaired) electrons. The van der Waals surface area contributed by atoms with Gasteiger partial charge in [0.25, 0.3) is 0 Å². The predicted octanol–water partition coefficient (Wildman–Crippen LogP) is 2.91.